The molecule has 3 atom stereocenters. The molecule has 1 aliphatic rings. The molecule has 0 fully saturated rings. The molecule has 0 aromatic heterocycles. The second kappa shape index (κ2) is 9.79. The third kappa shape index (κ3) is 4.97. The summed E-state index contributed by atoms with van der Waals surface area (Å²) in [6.07, 6.45) is 0.854. The molecule has 0 heterocycles. The number of hydrogen-bond donors (Lipinski definition) is 2. The van der Waals surface area contributed by atoms with Crippen molar-refractivity contribution in [2.75, 3.05) is 20.8 Å². The number of nitrogens with one attached hydrogen (secondary N) is 1. The monoisotopic (exact) mass is 423 g/mol. The molecule has 6 heteroatoms. The maximum Gasteiger partial charge on any atom is 0.336 e. The van der Waals surface area contributed by atoms with E-state index < -0.39 is 29.4 Å². The van der Waals surface area contributed by atoms with Crippen molar-refractivity contribution < 1.29 is 24.2 Å². The number of rotatable bonds is 7. The van der Waals surface area contributed by atoms with Crippen molar-refractivity contribution in [3.8, 4) is 0 Å². The van der Waals surface area contributed by atoms with Crippen LogP contribution in [-0.4, -0.2) is 43.4 Å². The van der Waals surface area contributed by atoms with Crippen LogP contribution in [0.4, 0.5) is 0 Å². The van der Waals surface area contributed by atoms with Gasteiger partial charge < -0.3 is 19.9 Å². The lowest BCUT2D eigenvalue weighted by atomic mass is 9.66. The summed E-state index contributed by atoms with van der Waals surface area (Å²) in [5.41, 5.74) is 1.41. The lowest BCUT2D eigenvalue weighted by molar-refractivity contribution is -0.157. The number of hydrogen-bond acceptors (Lipinski definition) is 6. The van der Waals surface area contributed by atoms with Crippen molar-refractivity contribution in [1.82, 2.24) is 5.32 Å². The van der Waals surface area contributed by atoms with E-state index in [1.807, 2.05) is 60.7 Å². The lowest BCUT2D eigenvalue weighted by Gasteiger charge is -2.42. The molecule has 2 aromatic rings. The zero-order valence-electron chi connectivity index (χ0n) is 18.1. The zero-order valence-corrected chi connectivity index (χ0v) is 18.1. The topological polar surface area (TPSA) is 84.9 Å². The molecule has 0 amide bonds. The van der Waals surface area contributed by atoms with Crippen LogP contribution in [0.15, 0.2) is 71.9 Å². The van der Waals surface area contributed by atoms with E-state index in [0.717, 1.165) is 17.5 Å². The minimum atomic E-state index is -1.42. The normalized spacial score (nSPS) is 23.2. The van der Waals surface area contributed by atoms with Crippen LogP contribution >= 0.6 is 0 Å². The largest absolute Gasteiger partial charge is 0.469 e. The highest BCUT2D eigenvalue weighted by molar-refractivity contribution is 5.93. The predicted octanol–water partition coefficient (Wildman–Crippen LogP) is 2.97. The van der Waals surface area contributed by atoms with Crippen molar-refractivity contribution >= 4 is 11.9 Å². The summed E-state index contributed by atoms with van der Waals surface area (Å²) in [5.74, 6) is -2.75. The molecular formula is C25H29NO5. The summed E-state index contributed by atoms with van der Waals surface area (Å²) < 4.78 is 10.1. The first kappa shape index (κ1) is 22.6. The maximum absolute atomic E-state index is 12.9. The van der Waals surface area contributed by atoms with Crippen LogP contribution in [0.5, 0.6) is 0 Å². The van der Waals surface area contributed by atoms with Crippen LogP contribution in [0.3, 0.4) is 0 Å². The predicted molar refractivity (Wildman–Crippen MR) is 117 cm³/mol. The van der Waals surface area contributed by atoms with E-state index >= 15 is 0 Å². The summed E-state index contributed by atoms with van der Waals surface area (Å²) in [5, 5.41) is 14.6. The van der Waals surface area contributed by atoms with Gasteiger partial charge >= 0.3 is 11.9 Å². The van der Waals surface area contributed by atoms with Crippen molar-refractivity contribution in [2.45, 2.75) is 31.3 Å². The smallest absolute Gasteiger partial charge is 0.336 e. The molecule has 0 radical (unpaired) electrons. The van der Waals surface area contributed by atoms with E-state index in [0.29, 0.717) is 17.8 Å². The molecule has 0 spiro atoms. The summed E-state index contributed by atoms with van der Waals surface area (Å²) >= 11 is 0. The summed E-state index contributed by atoms with van der Waals surface area (Å²) in [4.78, 5) is 25.7. The van der Waals surface area contributed by atoms with Gasteiger partial charge in [-0.2, -0.15) is 0 Å². The van der Waals surface area contributed by atoms with Gasteiger partial charge in [-0.1, -0.05) is 60.7 Å². The first-order chi connectivity index (χ1) is 14.9. The van der Waals surface area contributed by atoms with Gasteiger partial charge in [0.2, 0.25) is 0 Å². The van der Waals surface area contributed by atoms with Gasteiger partial charge in [-0.15, -0.1) is 0 Å². The fourth-order valence-electron chi connectivity index (χ4n) is 4.33. The Bertz CT molecular complexity index is 937. The van der Waals surface area contributed by atoms with Gasteiger partial charge in [-0.05, 0) is 24.5 Å². The molecule has 164 valence electrons. The molecule has 0 aliphatic heterocycles. The molecule has 2 aromatic carbocycles. The van der Waals surface area contributed by atoms with Gasteiger partial charge in [0.1, 0.15) is 0 Å². The fraction of sp³-hybridized carbons (Fsp3) is 0.360. The Morgan fingerprint density at radius 2 is 1.65 bits per heavy atom. The van der Waals surface area contributed by atoms with Crippen LogP contribution in [-0.2, 0) is 25.5 Å². The average Bonchev–Trinajstić information content (AvgIpc) is 2.78. The summed E-state index contributed by atoms with van der Waals surface area (Å²) in [6, 6.07) is 19.2. The minimum absolute atomic E-state index is 0.106. The molecule has 6 nitrogen and oxygen atoms in total. The number of esters is 2. The van der Waals surface area contributed by atoms with Crippen LogP contribution in [0, 0.1) is 5.92 Å². The quantitative estimate of drug-likeness (QED) is 0.666. The van der Waals surface area contributed by atoms with Crippen LogP contribution in [0.25, 0.3) is 0 Å². The Hall–Kier alpha value is -3.12. The van der Waals surface area contributed by atoms with Crippen LogP contribution < -0.4 is 5.32 Å². The molecular weight excluding hydrogens is 394 g/mol. The summed E-state index contributed by atoms with van der Waals surface area (Å²) in [6.45, 7) is 2.18. The first-order valence-corrected chi connectivity index (χ1v) is 10.3. The second-order valence-corrected chi connectivity index (χ2v) is 7.97. The molecule has 2 N–H and O–H groups in total. The number of ether oxygens (including phenoxy) is 2. The first-order valence-electron chi connectivity index (χ1n) is 10.3. The van der Waals surface area contributed by atoms with Gasteiger partial charge in [0, 0.05) is 24.6 Å². The molecule has 0 saturated heterocycles. The van der Waals surface area contributed by atoms with Crippen molar-refractivity contribution in [1.29, 1.82) is 0 Å². The Balaban J connectivity index is 2.04. The van der Waals surface area contributed by atoms with Gasteiger partial charge in [0.15, 0.2) is 0 Å². The van der Waals surface area contributed by atoms with E-state index in [4.69, 9.17) is 9.47 Å². The average molecular weight is 424 g/mol. The van der Waals surface area contributed by atoms with E-state index in [1.54, 1.807) is 6.92 Å². The van der Waals surface area contributed by atoms with E-state index in [1.165, 1.54) is 14.2 Å². The zero-order chi connectivity index (χ0) is 22.4. The highest BCUT2D eigenvalue weighted by Crippen LogP contribution is 2.47. The highest BCUT2D eigenvalue weighted by atomic mass is 16.5. The van der Waals surface area contributed by atoms with E-state index in [2.05, 4.69) is 5.32 Å². The van der Waals surface area contributed by atoms with Crippen LogP contribution in [0.2, 0.25) is 0 Å². The SMILES string of the molecule is COC(=O)C1=C(NCCc2ccccc2)C[C@](C)(O)[C@@H](C(=O)OC)[C@H]1c1ccccc1. The van der Waals surface area contributed by atoms with Crippen molar-refractivity contribution in [3.05, 3.63) is 83.1 Å². The number of carbonyl (C=O) groups excluding carboxylic acids is 2. The Morgan fingerprint density at radius 1 is 1.03 bits per heavy atom. The second-order valence-electron chi connectivity index (χ2n) is 7.97. The van der Waals surface area contributed by atoms with Gasteiger partial charge in [-0.3, -0.25) is 4.79 Å². The molecule has 3 rings (SSSR count). The van der Waals surface area contributed by atoms with Gasteiger partial charge in [0.25, 0.3) is 0 Å². The standard InChI is InChI=1S/C25H29NO5/c1-25(29)16-19(26-15-14-17-10-6-4-7-11-17)21(23(27)30-2)20(22(25)24(28)31-3)18-12-8-5-9-13-18/h4-13,20,22,26,29H,14-16H2,1-3H3/t20-,22+,25-/m0/s1. The van der Waals surface area contributed by atoms with E-state index in [9.17, 15) is 14.7 Å². The highest BCUT2D eigenvalue weighted by Gasteiger charge is 2.52. The number of carbonyl (C=O) groups is 2. The molecule has 0 saturated carbocycles. The number of methoxy groups -OCH3 is 2. The number of benzene rings is 2. The van der Waals surface area contributed by atoms with E-state index in [-0.39, 0.29) is 6.42 Å². The van der Waals surface area contributed by atoms with Crippen molar-refractivity contribution in [2.24, 2.45) is 5.92 Å². The molecule has 1 aliphatic carbocycles. The fourth-order valence-corrected chi connectivity index (χ4v) is 4.33. The Labute approximate surface area is 182 Å². The lowest BCUT2D eigenvalue weighted by Crippen LogP contribution is -2.50. The third-order valence-electron chi connectivity index (χ3n) is 5.79. The molecule has 0 bridgehead atoms. The third-order valence-corrected chi connectivity index (χ3v) is 5.79. The Kier molecular flexibility index (Phi) is 7.13. The maximum atomic E-state index is 12.9. The number of aliphatic hydroxyl groups is 1. The Morgan fingerprint density at radius 3 is 2.23 bits per heavy atom. The van der Waals surface area contributed by atoms with Crippen LogP contribution in [0.1, 0.15) is 30.4 Å². The van der Waals surface area contributed by atoms with Crippen molar-refractivity contribution in [3.63, 3.8) is 0 Å². The molecule has 0 unspecified atom stereocenters. The molecule has 31 heavy (non-hydrogen) atoms. The summed E-state index contributed by atoms with van der Waals surface area (Å²) in [7, 11) is 2.61. The van der Waals surface area contributed by atoms with Gasteiger partial charge in [-0.25, -0.2) is 4.79 Å². The minimum Gasteiger partial charge on any atom is -0.469 e. The van der Waals surface area contributed by atoms with Gasteiger partial charge in [0.05, 0.1) is 31.3 Å².